The van der Waals surface area contributed by atoms with Crippen LogP contribution in [0.1, 0.15) is 0 Å². The van der Waals surface area contributed by atoms with Crippen molar-refractivity contribution in [2.24, 2.45) is 0 Å². The molecule has 7 rings (SSSR count). The highest BCUT2D eigenvalue weighted by Crippen LogP contribution is 2.29. The Bertz CT molecular complexity index is 1570. The zero-order valence-electron chi connectivity index (χ0n) is 22.1. The molecule has 5 aromatic rings. The second-order valence-electron chi connectivity index (χ2n) is 10.7. The molecule has 0 atom stereocenters. The van der Waals surface area contributed by atoms with Crippen LogP contribution >= 0.6 is 0 Å². The second-order valence-corrected chi connectivity index (χ2v) is 10.7. The van der Waals surface area contributed by atoms with E-state index in [1.54, 1.807) is 0 Å². The van der Waals surface area contributed by atoms with E-state index in [0.717, 1.165) is 97.2 Å². The Labute approximate surface area is 222 Å². The Hall–Kier alpha value is -3.88. The van der Waals surface area contributed by atoms with Crippen LogP contribution in [0.15, 0.2) is 60.7 Å². The summed E-state index contributed by atoms with van der Waals surface area (Å²) in [5, 5.41) is 0. The predicted octanol–water partition coefficient (Wildman–Crippen LogP) is 4.28. The largest absolute Gasteiger partial charge is 0.369 e. The molecule has 2 aliphatic heterocycles. The number of nitrogens with zero attached hydrogens (tertiary/aromatic N) is 6. The summed E-state index contributed by atoms with van der Waals surface area (Å²) in [7, 11) is 4.37. The van der Waals surface area contributed by atoms with Crippen LogP contribution in [-0.2, 0) is 0 Å². The summed E-state index contributed by atoms with van der Waals surface area (Å²) in [5.41, 5.74) is 8.72. The SMILES string of the molecule is CN1CCN(c2ccc(-c3nc4ccc(-c5nc6ccc(N7CCN(C)CC7)cc6[nH]5)cc4[nH]3)cc2)CC1. The van der Waals surface area contributed by atoms with Crippen LogP contribution in [0.3, 0.4) is 0 Å². The quantitative estimate of drug-likeness (QED) is 0.379. The van der Waals surface area contributed by atoms with E-state index in [9.17, 15) is 0 Å². The smallest absolute Gasteiger partial charge is 0.138 e. The molecule has 0 bridgehead atoms. The van der Waals surface area contributed by atoms with Gasteiger partial charge in [-0.25, -0.2) is 9.97 Å². The van der Waals surface area contributed by atoms with Gasteiger partial charge < -0.3 is 29.6 Å². The number of aromatic amines is 2. The fourth-order valence-corrected chi connectivity index (χ4v) is 5.58. The van der Waals surface area contributed by atoms with Gasteiger partial charge in [0, 0.05) is 74.9 Å². The van der Waals surface area contributed by atoms with E-state index in [-0.39, 0.29) is 0 Å². The first-order chi connectivity index (χ1) is 18.6. The van der Waals surface area contributed by atoms with Gasteiger partial charge in [0.1, 0.15) is 11.6 Å². The highest BCUT2D eigenvalue weighted by molar-refractivity contribution is 5.87. The molecule has 8 nitrogen and oxygen atoms in total. The predicted molar refractivity (Wildman–Crippen MR) is 156 cm³/mol. The van der Waals surface area contributed by atoms with Gasteiger partial charge in [-0.15, -0.1) is 0 Å². The number of fused-ring (bicyclic) bond motifs is 2. The molecule has 0 saturated carbocycles. The Balaban J connectivity index is 1.12. The minimum atomic E-state index is 0.880. The van der Waals surface area contributed by atoms with Gasteiger partial charge in [0.05, 0.1) is 22.1 Å². The summed E-state index contributed by atoms with van der Waals surface area (Å²) in [6.07, 6.45) is 0. The molecule has 0 unspecified atom stereocenters. The molecule has 4 heterocycles. The summed E-state index contributed by atoms with van der Waals surface area (Å²) in [6, 6.07) is 21.6. The number of anilines is 2. The van der Waals surface area contributed by atoms with Crippen molar-refractivity contribution in [2.75, 3.05) is 76.3 Å². The van der Waals surface area contributed by atoms with Gasteiger partial charge in [0.25, 0.3) is 0 Å². The lowest BCUT2D eigenvalue weighted by Crippen LogP contribution is -2.44. The molecule has 0 radical (unpaired) electrons. The standard InChI is InChI=1S/C30H34N8/c1-35-11-15-37(16-12-35)23-6-3-21(4-7-23)29-31-25-9-5-22(19-27(25)33-29)30-32-26-10-8-24(20-28(26)34-30)38-17-13-36(2)14-18-38/h3-10,19-20H,11-18H2,1-2H3,(H,31,33)(H,32,34). The lowest BCUT2D eigenvalue weighted by molar-refractivity contribution is 0.313. The maximum absolute atomic E-state index is 4.89. The topological polar surface area (TPSA) is 70.3 Å². The number of aromatic nitrogens is 4. The normalized spacial score (nSPS) is 17.6. The molecule has 38 heavy (non-hydrogen) atoms. The number of H-pyrrole nitrogens is 2. The summed E-state index contributed by atoms with van der Waals surface area (Å²) in [6.45, 7) is 8.66. The van der Waals surface area contributed by atoms with Crippen LogP contribution in [0, 0.1) is 0 Å². The summed E-state index contributed by atoms with van der Waals surface area (Å²) in [4.78, 5) is 26.5. The zero-order chi connectivity index (χ0) is 25.6. The van der Waals surface area contributed by atoms with Crippen molar-refractivity contribution in [1.29, 1.82) is 0 Å². The van der Waals surface area contributed by atoms with Gasteiger partial charge in [-0.2, -0.15) is 0 Å². The van der Waals surface area contributed by atoms with E-state index in [2.05, 4.69) is 104 Å². The van der Waals surface area contributed by atoms with E-state index in [1.165, 1.54) is 11.4 Å². The lowest BCUT2D eigenvalue weighted by atomic mass is 10.1. The molecule has 2 N–H and O–H groups in total. The van der Waals surface area contributed by atoms with Crippen LogP contribution < -0.4 is 9.80 Å². The highest BCUT2D eigenvalue weighted by Gasteiger charge is 2.17. The summed E-state index contributed by atoms with van der Waals surface area (Å²) < 4.78 is 0. The van der Waals surface area contributed by atoms with Gasteiger partial charge in [0.2, 0.25) is 0 Å². The fraction of sp³-hybridized carbons (Fsp3) is 0.333. The number of hydrogen-bond acceptors (Lipinski definition) is 6. The Morgan fingerprint density at radius 1 is 0.526 bits per heavy atom. The minimum Gasteiger partial charge on any atom is -0.369 e. The lowest BCUT2D eigenvalue weighted by Gasteiger charge is -2.34. The first-order valence-electron chi connectivity index (χ1n) is 13.6. The third-order valence-electron chi connectivity index (χ3n) is 8.10. The molecular formula is C30H34N8. The third-order valence-corrected chi connectivity index (χ3v) is 8.10. The van der Waals surface area contributed by atoms with Crippen LogP contribution in [0.4, 0.5) is 11.4 Å². The van der Waals surface area contributed by atoms with Crippen molar-refractivity contribution < 1.29 is 0 Å². The molecular weight excluding hydrogens is 472 g/mol. The van der Waals surface area contributed by atoms with Crippen molar-refractivity contribution in [1.82, 2.24) is 29.7 Å². The average molecular weight is 507 g/mol. The highest BCUT2D eigenvalue weighted by atomic mass is 15.3. The second kappa shape index (κ2) is 9.45. The molecule has 0 spiro atoms. The van der Waals surface area contributed by atoms with Crippen molar-refractivity contribution >= 4 is 33.4 Å². The molecule has 2 aromatic heterocycles. The van der Waals surface area contributed by atoms with Crippen LogP contribution in [0.2, 0.25) is 0 Å². The zero-order valence-corrected chi connectivity index (χ0v) is 22.1. The van der Waals surface area contributed by atoms with E-state index < -0.39 is 0 Å². The van der Waals surface area contributed by atoms with Crippen molar-refractivity contribution in [2.45, 2.75) is 0 Å². The van der Waals surface area contributed by atoms with Gasteiger partial charge in [-0.05, 0) is 74.8 Å². The van der Waals surface area contributed by atoms with Gasteiger partial charge in [-0.3, -0.25) is 0 Å². The number of imidazole rings is 2. The Kier molecular flexibility index (Phi) is 5.78. The number of nitrogens with one attached hydrogen (secondary N) is 2. The number of hydrogen-bond donors (Lipinski definition) is 2. The molecule has 194 valence electrons. The minimum absolute atomic E-state index is 0.880. The van der Waals surface area contributed by atoms with Crippen molar-refractivity contribution in [3.05, 3.63) is 60.7 Å². The number of benzene rings is 3. The fourth-order valence-electron chi connectivity index (χ4n) is 5.58. The third kappa shape index (κ3) is 4.40. The first-order valence-corrected chi connectivity index (χ1v) is 13.6. The number of rotatable bonds is 4. The van der Waals surface area contributed by atoms with Gasteiger partial charge in [0.15, 0.2) is 0 Å². The van der Waals surface area contributed by atoms with Crippen molar-refractivity contribution in [3.8, 4) is 22.8 Å². The number of piperazine rings is 2. The monoisotopic (exact) mass is 506 g/mol. The Morgan fingerprint density at radius 2 is 1.00 bits per heavy atom. The van der Waals surface area contributed by atoms with Gasteiger partial charge >= 0.3 is 0 Å². The molecule has 2 aliphatic rings. The number of likely N-dealkylation sites (N-methyl/N-ethyl adjacent to an activating group) is 2. The summed E-state index contributed by atoms with van der Waals surface area (Å²) >= 11 is 0. The van der Waals surface area contributed by atoms with E-state index in [0.29, 0.717) is 0 Å². The van der Waals surface area contributed by atoms with E-state index >= 15 is 0 Å². The van der Waals surface area contributed by atoms with E-state index in [4.69, 9.17) is 9.97 Å². The maximum Gasteiger partial charge on any atom is 0.138 e. The average Bonchev–Trinajstić information content (AvgIpc) is 3.57. The molecule has 3 aromatic carbocycles. The van der Waals surface area contributed by atoms with Crippen LogP contribution in [-0.4, -0.2) is 96.2 Å². The Morgan fingerprint density at radius 3 is 1.63 bits per heavy atom. The molecule has 0 amide bonds. The molecule has 2 saturated heterocycles. The molecule has 2 fully saturated rings. The first kappa shape index (κ1) is 23.3. The molecule has 8 heteroatoms. The molecule has 0 aliphatic carbocycles. The van der Waals surface area contributed by atoms with Crippen molar-refractivity contribution in [3.63, 3.8) is 0 Å². The van der Waals surface area contributed by atoms with Crippen LogP contribution in [0.5, 0.6) is 0 Å². The summed E-state index contributed by atoms with van der Waals surface area (Å²) in [5.74, 6) is 1.77. The van der Waals surface area contributed by atoms with E-state index in [1.807, 2.05) is 0 Å². The van der Waals surface area contributed by atoms with Crippen LogP contribution in [0.25, 0.3) is 44.8 Å². The maximum atomic E-state index is 4.89. The van der Waals surface area contributed by atoms with Gasteiger partial charge in [-0.1, -0.05) is 0 Å².